The predicted octanol–water partition coefficient (Wildman–Crippen LogP) is 0.114. The fourth-order valence-corrected chi connectivity index (χ4v) is 3.35. The van der Waals surface area contributed by atoms with Crippen LogP contribution in [0.5, 0.6) is 0 Å². The Morgan fingerprint density at radius 3 is 2.74 bits per heavy atom. The fourth-order valence-electron chi connectivity index (χ4n) is 2.95. The summed E-state index contributed by atoms with van der Waals surface area (Å²) in [5.74, 6) is 0.871. The molecule has 0 fully saturated rings. The molecule has 10 nitrogen and oxygen atoms in total. The van der Waals surface area contributed by atoms with Gasteiger partial charge in [-0.3, -0.25) is 9.48 Å². The molecule has 0 bridgehead atoms. The van der Waals surface area contributed by atoms with Crippen LogP contribution in [-0.4, -0.2) is 47.2 Å². The summed E-state index contributed by atoms with van der Waals surface area (Å²) < 4.78 is 32.2. The van der Waals surface area contributed by atoms with Gasteiger partial charge in [0.1, 0.15) is 11.5 Å². The minimum atomic E-state index is -3.25. The predicted molar refractivity (Wildman–Crippen MR) is 97.5 cm³/mol. The molecule has 2 heterocycles. The number of rotatable bonds is 6. The van der Waals surface area contributed by atoms with Crippen molar-refractivity contribution in [1.29, 1.82) is 0 Å². The standard InChI is InChI=1S/C15H23N5O3S.CH2O2/c1-10-11(8-17-20(10)2)7-16-12-4-5-15-13(6-12)14(19-23-15)9-18-24(3,21)22;2-1-3/h8,12,16,18H,4-7,9H2,1-3H3;1H,(H,2,3). The van der Waals surface area contributed by atoms with Crippen molar-refractivity contribution in [3.8, 4) is 0 Å². The Morgan fingerprint density at radius 1 is 1.44 bits per heavy atom. The van der Waals surface area contributed by atoms with Crippen molar-refractivity contribution in [1.82, 2.24) is 25.0 Å². The van der Waals surface area contributed by atoms with Crippen LogP contribution < -0.4 is 10.0 Å². The van der Waals surface area contributed by atoms with Gasteiger partial charge in [-0.15, -0.1) is 0 Å². The molecular formula is C16H25N5O5S. The zero-order chi connectivity index (χ0) is 20.0. The molecule has 0 amide bonds. The molecule has 0 saturated heterocycles. The normalized spacial score (nSPS) is 16.3. The lowest BCUT2D eigenvalue weighted by atomic mass is 9.92. The monoisotopic (exact) mass is 399 g/mol. The Kier molecular flexibility index (Phi) is 7.11. The maximum absolute atomic E-state index is 11.3. The molecule has 2 aromatic heterocycles. The molecule has 3 N–H and O–H groups in total. The van der Waals surface area contributed by atoms with Gasteiger partial charge in [0.2, 0.25) is 10.0 Å². The van der Waals surface area contributed by atoms with Gasteiger partial charge < -0.3 is 14.9 Å². The van der Waals surface area contributed by atoms with Crippen LogP contribution in [0.1, 0.15) is 34.7 Å². The lowest BCUT2D eigenvalue weighted by Gasteiger charge is -2.22. The van der Waals surface area contributed by atoms with Crippen LogP contribution >= 0.6 is 0 Å². The first kappa shape index (κ1) is 21.1. The molecule has 0 saturated carbocycles. The SMILES string of the molecule is Cc1c(CNC2CCc3onc(CNS(C)(=O)=O)c3C2)cnn1C.O=CO. The molecule has 1 unspecified atom stereocenters. The second-order valence-electron chi connectivity index (χ2n) is 6.43. The molecule has 1 aliphatic rings. The van der Waals surface area contributed by atoms with Gasteiger partial charge in [0.25, 0.3) is 6.47 Å². The van der Waals surface area contributed by atoms with Crippen molar-refractivity contribution >= 4 is 16.5 Å². The third kappa shape index (κ3) is 5.88. The fraction of sp³-hybridized carbons (Fsp3) is 0.562. The number of carboxylic acid groups (broad SMARTS) is 1. The number of sulfonamides is 1. The van der Waals surface area contributed by atoms with Gasteiger partial charge >= 0.3 is 0 Å². The molecule has 0 spiro atoms. The first-order valence-corrected chi connectivity index (χ1v) is 10.3. The van der Waals surface area contributed by atoms with E-state index in [9.17, 15) is 8.42 Å². The zero-order valence-corrected chi connectivity index (χ0v) is 16.4. The minimum absolute atomic E-state index is 0.173. The average Bonchev–Trinajstić information content (AvgIpc) is 3.15. The van der Waals surface area contributed by atoms with Crippen molar-refractivity contribution in [3.63, 3.8) is 0 Å². The van der Waals surface area contributed by atoms with Crippen molar-refractivity contribution in [2.75, 3.05) is 6.26 Å². The number of nitrogens with one attached hydrogen (secondary N) is 2. The van der Waals surface area contributed by atoms with Crippen molar-refractivity contribution in [2.45, 2.75) is 45.3 Å². The Balaban J connectivity index is 0.000000817. The summed E-state index contributed by atoms with van der Waals surface area (Å²) in [5.41, 5.74) is 4.05. The van der Waals surface area contributed by atoms with Crippen molar-refractivity contribution in [3.05, 3.63) is 34.5 Å². The van der Waals surface area contributed by atoms with E-state index in [1.54, 1.807) is 0 Å². The van der Waals surface area contributed by atoms with Crippen molar-refractivity contribution in [2.24, 2.45) is 7.05 Å². The molecule has 150 valence electrons. The summed E-state index contributed by atoms with van der Waals surface area (Å²) >= 11 is 0. The molecule has 1 aliphatic carbocycles. The Bertz CT molecular complexity index is 874. The smallest absolute Gasteiger partial charge is 0.290 e. The molecule has 3 rings (SSSR count). The highest BCUT2D eigenvalue weighted by Gasteiger charge is 2.26. The van der Waals surface area contributed by atoms with Gasteiger partial charge in [-0.05, 0) is 19.8 Å². The van der Waals surface area contributed by atoms with Gasteiger partial charge in [0.05, 0.1) is 19.0 Å². The Morgan fingerprint density at radius 2 is 2.15 bits per heavy atom. The Labute approximate surface area is 158 Å². The summed E-state index contributed by atoms with van der Waals surface area (Å²) in [6.45, 7) is 2.74. The largest absolute Gasteiger partial charge is 0.483 e. The second-order valence-corrected chi connectivity index (χ2v) is 8.26. The van der Waals surface area contributed by atoms with Crippen LogP contribution in [0.3, 0.4) is 0 Å². The number of nitrogens with zero attached hydrogens (tertiary/aromatic N) is 3. The van der Waals surface area contributed by atoms with Crippen LogP contribution in [0.15, 0.2) is 10.7 Å². The van der Waals surface area contributed by atoms with E-state index in [-0.39, 0.29) is 13.0 Å². The highest BCUT2D eigenvalue weighted by molar-refractivity contribution is 7.88. The number of fused-ring (bicyclic) bond motifs is 1. The van der Waals surface area contributed by atoms with Gasteiger partial charge in [0, 0.05) is 42.9 Å². The summed E-state index contributed by atoms with van der Waals surface area (Å²) in [6.07, 6.45) is 5.60. The van der Waals surface area contributed by atoms with E-state index < -0.39 is 10.0 Å². The minimum Gasteiger partial charge on any atom is -0.483 e. The molecule has 2 aromatic rings. The molecule has 11 heteroatoms. The first-order chi connectivity index (χ1) is 12.7. The van der Waals surface area contributed by atoms with Gasteiger partial charge in [-0.25, -0.2) is 13.1 Å². The van der Waals surface area contributed by atoms with E-state index in [0.29, 0.717) is 11.7 Å². The zero-order valence-electron chi connectivity index (χ0n) is 15.6. The van der Waals surface area contributed by atoms with Crippen LogP contribution in [0.25, 0.3) is 0 Å². The lowest BCUT2D eigenvalue weighted by molar-refractivity contribution is -0.122. The van der Waals surface area contributed by atoms with E-state index in [4.69, 9.17) is 14.4 Å². The maximum atomic E-state index is 11.3. The van der Waals surface area contributed by atoms with Gasteiger partial charge in [-0.2, -0.15) is 5.10 Å². The van der Waals surface area contributed by atoms with E-state index >= 15 is 0 Å². The highest BCUT2D eigenvalue weighted by Crippen LogP contribution is 2.25. The van der Waals surface area contributed by atoms with E-state index in [1.807, 2.05) is 17.9 Å². The van der Waals surface area contributed by atoms with E-state index in [0.717, 1.165) is 49.1 Å². The third-order valence-electron chi connectivity index (χ3n) is 4.54. The first-order valence-electron chi connectivity index (χ1n) is 8.44. The number of carbonyl (C=O) groups is 1. The molecule has 0 aliphatic heterocycles. The number of hydrogen-bond donors (Lipinski definition) is 3. The average molecular weight is 399 g/mol. The highest BCUT2D eigenvalue weighted by atomic mass is 32.2. The van der Waals surface area contributed by atoms with Crippen LogP contribution in [0, 0.1) is 6.92 Å². The molecular weight excluding hydrogens is 374 g/mol. The van der Waals surface area contributed by atoms with Crippen molar-refractivity contribution < 1.29 is 22.8 Å². The summed E-state index contributed by atoms with van der Waals surface area (Å²) in [5, 5.41) is 18.7. The Hall–Kier alpha value is -2.24. The summed E-state index contributed by atoms with van der Waals surface area (Å²) in [6, 6.07) is 0.313. The third-order valence-corrected chi connectivity index (χ3v) is 5.21. The van der Waals surface area contributed by atoms with E-state index in [2.05, 4.69) is 27.2 Å². The number of aromatic nitrogens is 3. The number of hydrogen-bond acceptors (Lipinski definition) is 7. The number of aryl methyl sites for hydroxylation is 2. The van der Waals surface area contributed by atoms with Gasteiger partial charge in [0.15, 0.2) is 0 Å². The summed E-state index contributed by atoms with van der Waals surface area (Å²) in [4.78, 5) is 8.36. The second kappa shape index (κ2) is 9.11. The molecule has 0 radical (unpaired) electrons. The summed E-state index contributed by atoms with van der Waals surface area (Å²) in [7, 11) is -1.31. The molecule has 1 atom stereocenters. The van der Waals surface area contributed by atoms with Crippen LogP contribution in [0.2, 0.25) is 0 Å². The lowest BCUT2D eigenvalue weighted by Crippen LogP contribution is -2.34. The topological polar surface area (TPSA) is 139 Å². The van der Waals surface area contributed by atoms with Gasteiger partial charge in [-0.1, -0.05) is 5.16 Å². The molecule has 0 aromatic carbocycles. The van der Waals surface area contributed by atoms with Crippen LogP contribution in [0.4, 0.5) is 0 Å². The molecule has 27 heavy (non-hydrogen) atoms. The van der Waals surface area contributed by atoms with E-state index in [1.165, 1.54) is 5.56 Å². The maximum Gasteiger partial charge on any atom is 0.290 e. The van der Waals surface area contributed by atoms with Crippen LogP contribution in [-0.2, 0) is 47.8 Å². The quantitative estimate of drug-likeness (QED) is 0.582.